The molecule has 0 aliphatic heterocycles. The molecule has 1 amide bonds. The molecule has 3 nitrogen and oxygen atoms in total. The molecule has 0 aliphatic rings. The quantitative estimate of drug-likeness (QED) is 0.729. The van der Waals surface area contributed by atoms with Crippen molar-refractivity contribution in [3.8, 4) is 0 Å². The molecule has 0 bridgehead atoms. The minimum atomic E-state index is 0.0137. The number of benzene rings is 1. The molecular weight excluding hydrogens is 234 g/mol. The van der Waals surface area contributed by atoms with Gasteiger partial charge in [0.1, 0.15) is 0 Å². The van der Waals surface area contributed by atoms with Crippen molar-refractivity contribution in [3.05, 3.63) is 29.8 Å². The van der Waals surface area contributed by atoms with Crippen LogP contribution in [-0.2, 0) is 11.2 Å². The fraction of sp³-hybridized carbons (Fsp3) is 0.462. The number of hydrogen-bond donors (Lipinski definition) is 2. The summed E-state index contributed by atoms with van der Waals surface area (Å²) >= 11 is 1.72. The first-order chi connectivity index (χ1) is 8.26. The van der Waals surface area contributed by atoms with Gasteiger partial charge in [0.05, 0.1) is 0 Å². The monoisotopic (exact) mass is 253 g/mol. The highest BCUT2D eigenvalue weighted by Crippen LogP contribution is 2.14. The summed E-state index contributed by atoms with van der Waals surface area (Å²) in [5.74, 6) is 0.0137. The molecule has 94 valence electrons. The molecule has 2 N–H and O–H groups in total. The first kappa shape index (κ1) is 14.1. The van der Waals surface area contributed by atoms with Gasteiger partial charge in [-0.3, -0.25) is 4.79 Å². The molecule has 0 unspecified atom stereocenters. The molecule has 0 heterocycles. The van der Waals surface area contributed by atoms with E-state index in [0.717, 1.165) is 6.42 Å². The van der Waals surface area contributed by atoms with Crippen molar-refractivity contribution in [1.82, 2.24) is 5.32 Å². The summed E-state index contributed by atoms with van der Waals surface area (Å²) < 4.78 is 0. The number of carbonyl (C=O) groups excluding carboxylic acids is 1. The fourth-order valence-corrected chi connectivity index (χ4v) is 1.87. The van der Waals surface area contributed by atoms with Crippen molar-refractivity contribution in [1.29, 1.82) is 0 Å². The van der Waals surface area contributed by atoms with E-state index in [2.05, 4.69) is 35.8 Å². The number of rotatable bonds is 7. The van der Waals surface area contributed by atoms with Crippen LogP contribution in [0.1, 0.15) is 18.4 Å². The van der Waals surface area contributed by atoms with E-state index in [1.54, 1.807) is 11.8 Å². The lowest BCUT2D eigenvalue weighted by Crippen LogP contribution is -2.25. The van der Waals surface area contributed by atoms with Gasteiger partial charge in [0, 0.05) is 24.5 Å². The molecule has 4 heteroatoms. The number of amides is 1. The van der Waals surface area contributed by atoms with Crippen LogP contribution in [0, 0.1) is 0 Å². The number of carbonyl (C=O) groups is 1. The van der Waals surface area contributed by atoms with Gasteiger partial charge in [0.25, 0.3) is 0 Å². The Morgan fingerprint density at radius 1 is 1.35 bits per heavy atom. The summed E-state index contributed by atoms with van der Waals surface area (Å²) in [6.07, 6.45) is 3.84. The van der Waals surface area contributed by atoms with E-state index in [4.69, 9.17) is 5.11 Å². The largest absolute Gasteiger partial charge is 0.396 e. The van der Waals surface area contributed by atoms with Crippen LogP contribution in [0.3, 0.4) is 0 Å². The highest BCUT2D eigenvalue weighted by molar-refractivity contribution is 7.98. The molecule has 0 aliphatic carbocycles. The maximum Gasteiger partial charge on any atom is 0.220 e. The second kappa shape index (κ2) is 8.14. The van der Waals surface area contributed by atoms with Crippen LogP contribution in [-0.4, -0.2) is 30.4 Å². The van der Waals surface area contributed by atoms with Crippen LogP contribution < -0.4 is 5.32 Å². The summed E-state index contributed by atoms with van der Waals surface area (Å²) in [7, 11) is 0. The van der Waals surface area contributed by atoms with E-state index < -0.39 is 0 Å². The van der Waals surface area contributed by atoms with Crippen molar-refractivity contribution in [2.75, 3.05) is 19.4 Å². The molecule has 0 saturated carbocycles. The molecule has 1 aromatic carbocycles. The fourth-order valence-electron chi connectivity index (χ4n) is 1.47. The molecule has 0 atom stereocenters. The van der Waals surface area contributed by atoms with Crippen molar-refractivity contribution in [2.24, 2.45) is 0 Å². The smallest absolute Gasteiger partial charge is 0.220 e. The zero-order valence-corrected chi connectivity index (χ0v) is 10.9. The third-order valence-electron chi connectivity index (χ3n) is 2.46. The van der Waals surface area contributed by atoms with Gasteiger partial charge in [-0.25, -0.2) is 0 Å². The van der Waals surface area contributed by atoms with Crippen LogP contribution in [0.15, 0.2) is 29.2 Å². The summed E-state index contributed by atoms with van der Waals surface area (Å²) in [5, 5.41) is 11.4. The maximum absolute atomic E-state index is 11.3. The Morgan fingerprint density at radius 2 is 2.06 bits per heavy atom. The molecule has 1 aromatic rings. The molecule has 0 saturated heterocycles. The second-order valence-electron chi connectivity index (χ2n) is 3.78. The second-order valence-corrected chi connectivity index (χ2v) is 4.65. The Hall–Kier alpha value is -1.00. The van der Waals surface area contributed by atoms with Gasteiger partial charge < -0.3 is 10.4 Å². The number of thioether (sulfide) groups is 1. The van der Waals surface area contributed by atoms with Crippen LogP contribution in [0.4, 0.5) is 0 Å². The number of aliphatic hydroxyl groups excluding tert-OH is 1. The zero-order valence-electron chi connectivity index (χ0n) is 10.1. The first-order valence-electron chi connectivity index (χ1n) is 5.76. The van der Waals surface area contributed by atoms with E-state index in [9.17, 15) is 4.79 Å². The summed E-state index contributed by atoms with van der Waals surface area (Å²) in [5.41, 5.74) is 1.23. The Morgan fingerprint density at radius 3 is 2.65 bits per heavy atom. The molecule has 0 aromatic heterocycles. The summed E-state index contributed by atoms with van der Waals surface area (Å²) in [6, 6.07) is 8.36. The highest BCUT2D eigenvalue weighted by atomic mass is 32.2. The SMILES string of the molecule is CSc1ccc(CCNC(=O)CCCO)cc1. The van der Waals surface area contributed by atoms with Crippen molar-refractivity contribution < 1.29 is 9.90 Å². The summed E-state index contributed by atoms with van der Waals surface area (Å²) in [6.45, 7) is 0.729. The molecule has 17 heavy (non-hydrogen) atoms. The third kappa shape index (κ3) is 5.75. The molecule has 0 radical (unpaired) electrons. The Balaban J connectivity index is 2.23. The van der Waals surface area contributed by atoms with Crippen molar-refractivity contribution in [3.63, 3.8) is 0 Å². The minimum absolute atomic E-state index is 0.0137. The number of nitrogens with one attached hydrogen (secondary N) is 1. The highest BCUT2D eigenvalue weighted by Gasteiger charge is 2.00. The van der Waals surface area contributed by atoms with Gasteiger partial charge in [-0.1, -0.05) is 12.1 Å². The molecule has 0 fully saturated rings. The van der Waals surface area contributed by atoms with Crippen LogP contribution in [0.5, 0.6) is 0 Å². The van der Waals surface area contributed by atoms with E-state index in [1.807, 2.05) is 0 Å². The average Bonchev–Trinajstić information content (AvgIpc) is 2.37. The van der Waals surface area contributed by atoms with Gasteiger partial charge >= 0.3 is 0 Å². The minimum Gasteiger partial charge on any atom is -0.396 e. The zero-order chi connectivity index (χ0) is 12.5. The summed E-state index contributed by atoms with van der Waals surface area (Å²) in [4.78, 5) is 12.5. The van der Waals surface area contributed by atoms with Crippen molar-refractivity contribution in [2.45, 2.75) is 24.2 Å². The third-order valence-corrected chi connectivity index (χ3v) is 3.20. The van der Waals surface area contributed by atoms with Crippen LogP contribution >= 0.6 is 11.8 Å². The van der Waals surface area contributed by atoms with E-state index in [0.29, 0.717) is 19.4 Å². The van der Waals surface area contributed by atoms with E-state index in [-0.39, 0.29) is 12.5 Å². The average molecular weight is 253 g/mol. The van der Waals surface area contributed by atoms with Gasteiger partial charge in [0.15, 0.2) is 0 Å². The number of aliphatic hydroxyl groups is 1. The van der Waals surface area contributed by atoms with E-state index >= 15 is 0 Å². The Labute approximate surface area is 107 Å². The van der Waals surface area contributed by atoms with Crippen LogP contribution in [0.25, 0.3) is 0 Å². The lowest BCUT2D eigenvalue weighted by atomic mass is 10.1. The molecule has 1 rings (SSSR count). The Kier molecular flexibility index (Phi) is 6.74. The van der Waals surface area contributed by atoms with E-state index in [1.165, 1.54) is 10.5 Å². The van der Waals surface area contributed by atoms with Crippen molar-refractivity contribution >= 4 is 17.7 Å². The van der Waals surface area contributed by atoms with Crippen LogP contribution in [0.2, 0.25) is 0 Å². The predicted octanol–water partition coefficient (Wildman–Crippen LogP) is 1.84. The van der Waals surface area contributed by atoms with Gasteiger partial charge in [-0.05, 0) is 36.8 Å². The topological polar surface area (TPSA) is 49.3 Å². The maximum atomic E-state index is 11.3. The molecule has 0 spiro atoms. The predicted molar refractivity (Wildman–Crippen MR) is 71.3 cm³/mol. The van der Waals surface area contributed by atoms with Gasteiger partial charge in [-0.2, -0.15) is 0 Å². The lowest BCUT2D eigenvalue weighted by Gasteiger charge is -2.05. The normalized spacial score (nSPS) is 10.2. The lowest BCUT2D eigenvalue weighted by molar-refractivity contribution is -0.121. The molecular formula is C13H19NO2S. The van der Waals surface area contributed by atoms with Gasteiger partial charge in [-0.15, -0.1) is 11.8 Å². The number of hydrogen-bond acceptors (Lipinski definition) is 3. The standard InChI is InChI=1S/C13H19NO2S/c1-17-12-6-4-11(5-7-12)8-9-14-13(16)3-2-10-15/h4-7,15H,2-3,8-10H2,1H3,(H,14,16). The first-order valence-corrected chi connectivity index (χ1v) is 6.99. The van der Waals surface area contributed by atoms with Gasteiger partial charge in [0.2, 0.25) is 5.91 Å². The Bertz CT molecular complexity index is 338.